The molecule has 0 radical (unpaired) electrons. The topological polar surface area (TPSA) is 21.7 Å². The maximum atomic E-state index is 13.3. The van der Waals surface area contributed by atoms with Gasteiger partial charge in [0.05, 0.1) is 13.7 Å². The van der Waals surface area contributed by atoms with Crippen LogP contribution in [0.15, 0.2) is 42.5 Å². The Morgan fingerprint density at radius 3 is 2.36 bits per heavy atom. The molecule has 0 spiro atoms. The molecule has 0 bridgehead atoms. The number of likely N-dealkylation sites (N-methyl/N-ethyl adjacent to an activating group) is 1. The SMILES string of the molecule is CCN(CCOc1ccccc1OC)c1ccc(F)c(F)c1. The summed E-state index contributed by atoms with van der Waals surface area (Å²) in [5.74, 6) is -0.364. The molecule has 0 unspecified atom stereocenters. The first-order valence-corrected chi connectivity index (χ1v) is 7.11. The second-order valence-corrected chi connectivity index (χ2v) is 4.68. The highest BCUT2D eigenvalue weighted by Gasteiger charge is 2.09. The van der Waals surface area contributed by atoms with E-state index < -0.39 is 11.6 Å². The van der Waals surface area contributed by atoms with E-state index in [4.69, 9.17) is 9.47 Å². The molecule has 0 atom stereocenters. The zero-order chi connectivity index (χ0) is 15.9. The number of ether oxygens (including phenoxy) is 2. The van der Waals surface area contributed by atoms with Crippen molar-refractivity contribution in [1.82, 2.24) is 0 Å². The van der Waals surface area contributed by atoms with Gasteiger partial charge in [-0.1, -0.05) is 12.1 Å². The van der Waals surface area contributed by atoms with Crippen molar-refractivity contribution in [2.45, 2.75) is 6.92 Å². The molecule has 118 valence electrons. The van der Waals surface area contributed by atoms with Crippen LogP contribution in [0.3, 0.4) is 0 Å². The molecule has 0 aliphatic heterocycles. The molecule has 22 heavy (non-hydrogen) atoms. The second kappa shape index (κ2) is 7.64. The highest BCUT2D eigenvalue weighted by molar-refractivity contribution is 5.46. The van der Waals surface area contributed by atoms with Gasteiger partial charge in [0.1, 0.15) is 6.61 Å². The van der Waals surface area contributed by atoms with Gasteiger partial charge in [-0.15, -0.1) is 0 Å². The predicted molar refractivity (Wildman–Crippen MR) is 82.7 cm³/mol. The Morgan fingerprint density at radius 2 is 1.73 bits per heavy atom. The fraction of sp³-hybridized carbons (Fsp3) is 0.294. The molecule has 0 aliphatic rings. The molecule has 0 saturated heterocycles. The minimum absolute atomic E-state index is 0.410. The summed E-state index contributed by atoms with van der Waals surface area (Å²) in [6.07, 6.45) is 0. The van der Waals surface area contributed by atoms with Crippen LogP contribution in [0.4, 0.5) is 14.5 Å². The summed E-state index contributed by atoms with van der Waals surface area (Å²) < 4.78 is 37.2. The van der Waals surface area contributed by atoms with E-state index in [-0.39, 0.29) is 0 Å². The van der Waals surface area contributed by atoms with Gasteiger partial charge in [-0.3, -0.25) is 0 Å². The predicted octanol–water partition coefficient (Wildman–Crippen LogP) is 3.88. The highest BCUT2D eigenvalue weighted by atomic mass is 19.2. The summed E-state index contributed by atoms with van der Waals surface area (Å²) in [6, 6.07) is 11.3. The Balaban J connectivity index is 1.97. The number of rotatable bonds is 7. The van der Waals surface area contributed by atoms with Crippen LogP contribution < -0.4 is 14.4 Å². The van der Waals surface area contributed by atoms with E-state index in [1.54, 1.807) is 13.2 Å². The third kappa shape index (κ3) is 3.87. The average molecular weight is 307 g/mol. The third-order valence-electron chi connectivity index (χ3n) is 3.34. The summed E-state index contributed by atoms with van der Waals surface area (Å²) in [5, 5.41) is 0. The first-order valence-electron chi connectivity index (χ1n) is 7.11. The highest BCUT2D eigenvalue weighted by Crippen LogP contribution is 2.26. The number of nitrogens with zero attached hydrogens (tertiary/aromatic N) is 1. The molecule has 0 saturated carbocycles. The zero-order valence-corrected chi connectivity index (χ0v) is 12.7. The Bertz CT molecular complexity index is 619. The first kappa shape index (κ1) is 16.1. The van der Waals surface area contributed by atoms with E-state index in [1.165, 1.54) is 6.07 Å². The molecule has 0 heterocycles. The smallest absolute Gasteiger partial charge is 0.161 e. The summed E-state index contributed by atoms with van der Waals surface area (Å²) >= 11 is 0. The van der Waals surface area contributed by atoms with Crippen molar-refractivity contribution in [2.75, 3.05) is 31.7 Å². The lowest BCUT2D eigenvalue weighted by atomic mass is 10.2. The molecule has 0 aromatic heterocycles. The van der Waals surface area contributed by atoms with E-state index in [1.807, 2.05) is 36.1 Å². The summed E-state index contributed by atoms with van der Waals surface area (Å²) in [5.41, 5.74) is 0.630. The number of benzene rings is 2. The van der Waals surface area contributed by atoms with Crippen molar-refractivity contribution in [3.63, 3.8) is 0 Å². The Hall–Kier alpha value is -2.30. The minimum Gasteiger partial charge on any atom is -0.493 e. The summed E-state index contributed by atoms with van der Waals surface area (Å²) in [4.78, 5) is 1.91. The molecule has 2 rings (SSSR count). The molecule has 0 N–H and O–H groups in total. The maximum Gasteiger partial charge on any atom is 0.161 e. The van der Waals surface area contributed by atoms with E-state index in [2.05, 4.69) is 0 Å². The van der Waals surface area contributed by atoms with Gasteiger partial charge in [0.15, 0.2) is 23.1 Å². The van der Waals surface area contributed by atoms with Crippen LogP contribution in [0, 0.1) is 11.6 Å². The number of para-hydroxylation sites is 2. The Labute approximate surface area is 129 Å². The zero-order valence-electron chi connectivity index (χ0n) is 12.7. The molecule has 2 aromatic carbocycles. The number of hydrogen-bond donors (Lipinski definition) is 0. The van der Waals surface area contributed by atoms with Crippen molar-refractivity contribution >= 4 is 5.69 Å². The fourth-order valence-electron chi connectivity index (χ4n) is 2.16. The van der Waals surface area contributed by atoms with Crippen molar-refractivity contribution in [3.8, 4) is 11.5 Å². The van der Waals surface area contributed by atoms with Gasteiger partial charge in [0.2, 0.25) is 0 Å². The Morgan fingerprint density at radius 1 is 1.00 bits per heavy atom. The molecule has 3 nitrogen and oxygen atoms in total. The average Bonchev–Trinajstić information content (AvgIpc) is 2.55. The van der Waals surface area contributed by atoms with Gasteiger partial charge in [0.25, 0.3) is 0 Å². The molecule has 0 fully saturated rings. The van der Waals surface area contributed by atoms with E-state index in [0.717, 1.165) is 6.07 Å². The van der Waals surface area contributed by atoms with E-state index in [0.29, 0.717) is 36.9 Å². The van der Waals surface area contributed by atoms with Crippen LogP contribution in [-0.2, 0) is 0 Å². The summed E-state index contributed by atoms with van der Waals surface area (Å²) in [6.45, 7) is 3.58. The van der Waals surface area contributed by atoms with Crippen molar-refractivity contribution in [3.05, 3.63) is 54.1 Å². The molecule has 0 aliphatic carbocycles. The van der Waals surface area contributed by atoms with Gasteiger partial charge in [-0.2, -0.15) is 0 Å². The van der Waals surface area contributed by atoms with E-state index >= 15 is 0 Å². The first-order chi connectivity index (χ1) is 10.7. The lowest BCUT2D eigenvalue weighted by molar-refractivity contribution is 0.299. The largest absolute Gasteiger partial charge is 0.493 e. The quantitative estimate of drug-likeness (QED) is 0.775. The van der Waals surface area contributed by atoms with Gasteiger partial charge >= 0.3 is 0 Å². The van der Waals surface area contributed by atoms with Crippen LogP contribution in [0.2, 0.25) is 0 Å². The van der Waals surface area contributed by atoms with Crippen LogP contribution >= 0.6 is 0 Å². The molecule has 0 amide bonds. The van der Waals surface area contributed by atoms with Gasteiger partial charge in [-0.25, -0.2) is 8.78 Å². The van der Waals surface area contributed by atoms with Gasteiger partial charge < -0.3 is 14.4 Å². The minimum atomic E-state index is -0.846. The second-order valence-electron chi connectivity index (χ2n) is 4.68. The number of methoxy groups -OCH3 is 1. The number of halogens is 2. The molecule has 2 aromatic rings. The van der Waals surface area contributed by atoms with Crippen LogP contribution in [0.1, 0.15) is 6.92 Å². The van der Waals surface area contributed by atoms with Crippen molar-refractivity contribution in [2.24, 2.45) is 0 Å². The Kier molecular flexibility index (Phi) is 5.58. The third-order valence-corrected chi connectivity index (χ3v) is 3.34. The van der Waals surface area contributed by atoms with Crippen LogP contribution in [0.25, 0.3) is 0 Å². The van der Waals surface area contributed by atoms with Gasteiger partial charge in [-0.05, 0) is 31.2 Å². The standard InChI is InChI=1S/C17H19F2NO2/c1-3-20(13-8-9-14(18)15(19)12-13)10-11-22-17-7-5-4-6-16(17)21-2/h4-9,12H,3,10-11H2,1-2H3. The maximum absolute atomic E-state index is 13.3. The monoisotopic (exact) mass is 307 g/mol. The molecular formula is C17H19F2NO2. The van der Waals surface area contributed by atoms with Crippen LogP contribution in [0.5, 0.6) is 11.5 Å². The number of anilines is 1. The number of hydrogen-bond acceptors (Lipinski definition) is 3. The molecular weight excluding hydrogens is 288 g/mol. The van der Waals surface area contributed by atoms with Gasteiger partial charge in [0, 0.05) is 18.3 Å². The lowest BCUT2D eigenvalue weighted by Crippen LogP contribution is -2.28. The van der Waals surface area contributed by atoms with Crippen LogP contribution in [-0.4, -0.2) is 26.8 Å². The fourth-order valence-corrected chi connectivity index (χ4v) is 2.16. The molecule has 5 heteroatoms. The normalized spacial score (nSPS) is 10.4. The lowest BCUT2D eigenvalue weighted by Gasteiger charge is -2.23. The van der Waals surface area contributed by atoms with Crippen molar-refractivity contribution in [1.29, 1.82) is 0 Å². The van der Waals surface area contributed by atoms with Crippen molar-refractivity contribution < 1.29 is 18.3 Å². The van der Waals surface area contributed by atoms with E-state index in [9.17, 15) is 8.78 Å². The summed E-state index contributed by atoms with van der Waals surface area (Å²) in [7, 11) is 1.59.